The number of benzene rings is 12. The van der Waals surface area contributed by atoms with Gasteiger partial charge in [0.25, 0.3) is 0 Å². The number of para-hydroxylation sites is 4. The molecule has 0 fully saturated rings. The predicted octanol–water partition coefficient (Wildman–Crippen LogP) is 14.1. The zero-order valence-corrected chi connectivity index (χ0v) is 47.7. The third-order valence-corrected chi connectivity index (χ3v) is 15.2. The summed E-state index contributed by atoms with van der Waals surface area (Å²) in [6.07, 6.45) is -8.88. The van der Waals surface area contributed by atoms with E-state index in [9.17, 15) is 26.3 Å². The van der Waals surface area contributed by atoms with Gasteiger partial charge in [-0.2, -0.15) is 26.3 Å². The van der Waals surface area contributed by atoms with Gasteiger partial charge in [-0.15, -0.1) is 0 Å². The molecule has 0 aliphatic carbocycles. The zero-order valence-electron chi connectivity index (χ0n) is 44.5. The Balaban J connectivity index is 0.000000193. The highest BCUT2D eigenvalue weighted by Crippen LogP contribution is 2.47. The van der Waals surface area contributed by atoms with Gasteiger partial charge in [-0.3, -0.25) is 4.90 Å². The van der Waals surface area contributed by atoms with E-state index in [2.05, 4.69) is 188 Å². The van der Waals surface area contributed by atoms with Crippen molar-refractivity contribution >= 4 is 62.0 Å². The molecule has 2 heterocycles. The fraction of sp³-hybridized carbons (Fsp3) is 0.0411. The minimum atomic E-state index is -4.44. The standard InChI is InChI=1S/C46H31NO.C26H16F6N2.CH4.2BrH/c1-3-10-32(11-4-1)34-18-22-36(23-19-34)39-26-28-43-45(30-39)48-46-31-40(37-24-20-35(21-25-37)33-12-5-2-6-13-33)27-29-44(46)47(43)42-17-9-15-38-14-7-8-16-41(38)42;27-25(28,29)17-9-13-19(14-10-17)33-21-5-1-2-6-22(21)34(24-8-4-3-7-23(24)33)20-15-11-18(12-16-20)26(30,31)32;;;/h1-31H;1-16H;1H4;2*1H. The molecule has 0 bridgehead atoms. The van der Waals surface area contributed by atoms with E-state index in [0.29, 0.717) is 11.4 Å². The second-order valence-electron chi connectivity index (χ2n) is 20.2. The summed E-state index contributed by atoms with van der Waals surface area (Å²) in [4.78, 5) is 3.81. The van der Waals surface area contributed by atoms with E-state index >= 15 is 0 Å². The van der Waals surface area contributed by atoms with Crippen LogP contribution in [0.15, 0.2) is 285 Å². The van der Waals surface area contributed by atoms with Crippen LogP contribution in [0, 0.1) is 0 Å². The minimum Gasteiger partial charge on any atom is -1.00 e. The van der Waals surface area contributed by atoms with Crippen molar-refractivity contribution in [1.29, 1.82) is 0 Å². The Bertz CT molecular complexity index is 3990. The number of anilines is 3. The summed E-state index contributed by atoms with van der Waals surface area (Å²) in [6, 6.07) is 91.7. The van der Waals surface area contributed by atoms with Crippen LogP contribution in [0.4, 0.5) is 77.5 Å². The van der Waals surface area contributed by atoms with Crippen LogP contribution in [0.1, 0.15) is 18.6 Å². The molecule has 12 aromatic carbocycles. The lowest BCUT2D eigenvalue weighted by atomic mass is 9.98. The normalized spacial score (nSPS) is 12.5. The first kappa shape index (κ1) is 59.1. The van der Waals surface area contributed by atoms with Crippen molar-refractivity contribution in [2.75, 3.05) is 4.90 Å². The second-order valence-corrected chi connectivity index (χ2v) is 20.2. The summed E-state index contributed by atoms with van der Waals surface area (Å²) in [5, 5.41) is 2.46. The van der Waals surface area contributed by atoms with Gasteiger partial charge in [0, 0.05) is 53.5 Å². The monoisotopic (exact) mass is 1260 g/mol. The van der Waals surface area contributed by atoms with Crippen molar-refractivity contribution in [3.63, 3.8) is 0 Å². The lowest BCUT2D eigenvalue weighted by Crippen LogP contribution is -3.00. The fourth-order valence-electron chi connectivity index (χ4n) is 11.2. The molecule has 0 saturated carbocycles. The topological polar surface area (TPSA) is 21.4 Å². The van der Waals surface area contributed by atoms with Crippen molar-refractivity contribution in [2.24, 2.45) is 0 Å². The summed E-state index contributed by atoms with van der Waals surface area (Å²) in [6.45, 7) is 0. The van der Waals surface area contributed by atoms with Gasteiger partial charge >= 0.3 is 12.4 Å². The Morgan fingerprint density at radius 2 is 0.671 bits per heavy atom. The molecule has 2 N–H and O–H groups in total. The van der Waals surface area contributed by atoms with E-state index in [1.165, 1.54) is 67.9 Å². The summed E-state index contributed by atoms with van der Waals surface area (Å²) in [5.74, 6) is 1.73. The van der Waals surface area contributed by atoms with E-state index in [0.717, 1.165) is 97.0 Å². The van der Waals surface area contributed by atoms with Gasteiger partial charge in [-0.1, -0.05) is 171 Å². The molecule has 0 unspecified atom stereocenters. The van der Waals surface area contributed by atoms with Crippen molar-refractivity contribution in [2.45, 2.75) is 19.8 Å². The molecule has 0 radical (unpaired) electrons. The summed E-state index contributed by atoms with van der Waals surface area (Å²) in [5.41, 5.74) is 15.5. The van der Waals surface area contributed by atoms with Crippen molar-refractivity contribution in [3.8, 4) is 56.0 Å². The lowest BCUT2D eigenvalue weighted by Gasteiger charge is -2.35. The number of quaternary nitrogens is 2. The Morgan fingerprint density at radius 1 is 0.306 bits per heavy atom. The molecule has 85 heavy (non-hydrogen) atoms. The number of nitrogens with one attached hydrogen (secondary N) is 2. The molecular weight excluding hydrogens is 1210 g/mol. The first-order valence-corrected chi connectivity index (χ1v) is 26.8. The maximum atomic E-state index is 13.1. The number of alkyl halides is 6. The van der Waals surface area contributed by atoms with E-state index in [-0.39, 0.29) is 41.4 Å². The molecule has 2 aliphatic heterocycles. The highest BCUT2D eigenvalue weighted by molar-refractivity contribution is 5.92. The molecule has 12 heteroatoms. The maximum Gasteiger partial charge on any atom is 0.416 e. The van der Waals surface area contributed by atoms with Crippen LogP contribution >= 0.6 is 0 Å². The molecule has 422 valence electrons. The van der Waals surface area contributed by atoms with Gasteiger partial charge in [0.15, 0.2) is 34.2 Å². The van der Waals surface area contributed by atoms with Gasteiger partial charge in [0.1, 0.15) is 22.7 Å². The highest BCUT2D eigenvalue weighted by Gasteiger charge is 2.38. The fourth-order valence-corrected chi connectivity index (χ4v) is 11.2. The molecule has 0 saturated heterocycles. The SMILES string of the molecule is C.FC(F)(F)c1ccc(N2c3ccccc3[NH+](c3ccc(C(F)(F)F)cc3)c3ccccc32)cc1.[Br-].[Br-].c1ccc(-c2ccc(-c3ccc4c(c3)Oc3cc(-c5ccc(-c6ccccc6)cc5)ccc3[NH+]4c3cccc4ccccc34)cc2)cc1. The van der Waals surface area contributed by atoms with Gasteiger partial charge in [0.05, 0.1) is 11.1 Å². The molecule has 12 aromatic rings. The van der Waals surface area contributed by atoms with Crippen LogP contribution < -0.4 is 53.4 Å². The van der Waals surface area contributed by atoms with Crippen LogP contribution in [0.3, 0.4) is 0 Å². The van der Waals surface area contributed by atoms with Crippen molar-refractivity contribution in [1.82, 2.24) is 0 Å². The number of ether oxygens (including phenoxy) is 1. The summed E-state index contributed by atoms with van der Waals surface area (Å²) in [7, 11) is 0. The molecule has 0 aromatic heterocycles. The maximum absolute atomic E-state index is 13.1. The van der Waals surface area contributed by atoms with Crippen molar-refractivity contribution in [3.05, 3.63) is 296 Å². The quantitative estimate of drug-likeness (QED) is 0.155. The lowest BCUT2D eigenvalue weighted by molar-refractivity contribution is -0.682. The number of halogens is 8. The molecule has 0 spiro atoms. The number of nitrogens with zero attached hydrogens (tertiary/aromatic N) is 1. The van der Waals surface area contributed by atoms with Crippen LogP contribution in [0.2, 0.25) is 0 Å². The van der Waals surface area contributed by atoms with Gasteiger partial charge < -0.3 is 38.7 Å². The number of hydrogen-bond acceptors (Lipinski definition) is 2. The molecule has 0 atom stereocenters. The van der Waals surface area contributed by atoms with Crippen LogP contribution in [-0.4, -0.2) is 0 Å². The van der Waals surface area contributed by atoms with E-state index < -0.39 is 23.5 Å². The third kappa shape index (κ3) is 11.8. The number of fused-ring (bicyclic) bond motifs is 5. The molecule has 4 nitrogen and oxygen atoms in total. The average molecular weight is 1260 g/mol. The smallest absolute Gasteiger partial charge is 0.416 e. The Labute approximate surface area is 510 Å². The molecule has 0 amide bonds. The van der Waals surface area contributed by atoms with Crippen LogP contribution in [0.5, 0.6) is 11.5 Å². The third-order valence-electron chi connectivity index (χ3n) is 15.2. The molecular formula is C73H53Br2F6N3O. The second kappa shape index (κ2) is 24.7. The zero-order chi connectivity index (χ0) is 56.0. The van der Waals surface area contributed by atoms with E-state index in [4.69, 9.17) is 4.74 Å². The first-order valence-electron chi connectivity index (χ1n) is 26.8. The largest absolute Gasteiger partial charge is 1.00 e. The average Bonchev–Trinajstić information content (AvgIpc) is 1.24. The van der Waals surface area contributed by atoms with E-state index in [1.54, 1.807) is 0 Å². The first-order chi connectivity index (χ1) is 39.9. The van der Waals surface area contributed by atoms with Crippen LogP contribution in [-0.2, 0) is 12.4 Å². The summed E-state index contributed by atoms with van der Waals surface area (Å²) >= 11 is 0. The Hall–Kier alpha value is -9.04. The summed E-state index contributed by atoms with van der Waals surface area (Å²) < 4.78 is 85.4. The van der Waals surface area contributed by atoms with Gasteiger partial charge in [-0.25, -0.2) is 9.80 Å². The number of hydrogen-bond donors (Lipinski definition) is 2. The van der Waals surface area contributed by atoms with Gasteiger partial charge in [0.2, 0.25) is 0 Å². The molecule has 2 aliphatic rings. The van der Waals surface area contributed by atoms with Crippen LogP contribution in [0.25, 0.3) is 55.3 Å². The number of rotatable bonds is 7. The predicted molar refractivity (Wildman–Crippen MR) is 323 cm³/mol. The Morgan fingerprint density at radius 3 is 1.14 bits per heavy atom. The Kier molecular flexibility index (Phi) is 17.2. The van der Waals surface area contributed by atoms with E-state index in [1.807, 2.05) is 53.4 Å². The molecule has 14 rings (SSSR count). The van der Waals surface area contributed by atoms with Crippen molar-refractivity contribution < 1.29 is 74.8 Å². The highest BCUT2D eigenvalue weighted by atomic mass is 79.9. The van der Waals surface area contributed by atoms with Gasteiger partial charge in [-0.05, 0) is 129 Å². The minimum absolute atomic E-state index is 0.